The molecule has 0 heterocycles. The molecule has 0 aromatic heterocycles. The Labute approximate surface area is 459 Å². The number of hydrogen-bond acceptors (Lipinski definition) is 5. The van der Waals surface area contributed by atoms with E-state index in [9.17, 15) is 14.7 Å². The Morgan fingerprint density at radius 1 is 0.311 bits per heavy atom. The molecular formula is C69H120O5. The topological polar surface area (TPSA) is 72.8 Å². The zero-order valence-corrected chi connectivity index (χ0v) is 48.8. The molecule has 0 saturated carbocycles. The van der Waals surface area contributed by atoms with Crippen molar-refractivity contribution in [1.82, 2.24) is 0 Å². The molecule has 0 fully saturated rings. The molecule has 0 bridgehead atoms. The lowest BCUT2D eigenvalue weighted by molar-refractivity contribution is -0.161. The van der Waals surface area contributed by atoms with Crippen LogP contribution in [-0.2, 0) is 19.1 Å². The Hall–Kier alpha value is -3.18. The van der Waals surface area contributed by atoms with Crippen molar-refractivity contribution in [2.24, 2.45) is 0 Å². The summed E-state index contributed by atoms with van der Waals surface area (Å²) < 4.78 is 10.7. The van der Waals surface area contributed by atoms with Crippen molar-refractivity contribution in [1.29, 1.82) is 0 Å². The number of carbonyl (C=O) groups is 2. The molecule has 1 atom stereocenters. The van der Waals surface area contributed by atoms with Gasteiger partial charge in [0, 0.05) is 12.8 Å². The Morgan fingerprint density at radius 3 is 0.811 bits per heavy atom. The standard InChI is InChI=1S/C69H120O5/c1-3-5-7-9-11-13-15-17-19-21-23-25-27-28-29-30-31-32-33-34-35-36-37-38-39-40-42-44-46-48-50-52-54-56-58-60-62-64-69(72)74-67(65-70)66-73-68(71)63-61-59-57-55-53-51-49-47-45-43-41-26-24-22-20-18-16-14-12-10-8-6-4-2/h5-8,11-14,17-20,23-26,67,70H,3-4,9-10,15-16,21-22,27-66H2,1-2H3/b7-5-,8-6-,13-11-,14-12-,19-17-,20-18-,25-23-,26-24-. The third kappa shape index (κ3) is 61.4. The predicted molar refractivity (Wildman–Crippen MR) is 325 cm³/mol. The van der Waals surface area contributed by atoms with E-state index < -0.39 is 6.10 Å². The molecule has 0 aliphatic rings. The minimum absolute atomic E-state index is 0.0684. The van der Waals surface area contributed by atoms with Gasteiger partial charge < -0.3 is 14.6 Å². The van der Waals surface area contributed by atoms with Gasteiger partial charge in [-0.15, -0.1) is 0 Å². The van der Waals surface area contributed by atoms with Crippen molar-refractivity contribution in [2.45, 2.75) is 315 Å². The third-order valence-corrected chi connectivity index (χ3v) is 13.9. The SMILES string of the molecule is CC/C=C\C/C=C\C/C=C\C/C=C\CCCCCCCCCCCCCCCCCCCCCCCCCCC(=O)OC(CO)COC(=O)CCCCCCCCCCCC/C=C\C/C=C\C/C=C\C/C=C\CC. The highest BCUT2D eigenvalue weighted by Crippen LogP contribution is 2.17. The van der Waals surface area contributed by atoms with Crippen LogP contribution in [0.2, 0.25) is 0 Å². The zero-order valence-electron chi connectivity index (χ0n) is 48.8. The minimum Gasteiger partial charge on any atom is -0.462 e. The van der Waals surface area contributed by atoms with Crippen molar-refractivity contribution in [3.8, 4) is 0 Å². The molecule has 74 heavy (non-hydrogen) atoms. The van der Waals surface area contributed by atoms with Crippen LogP contribution in [-0.4, -0.2) is 36.4 Å². The summed E-state index contributed by atoms with van der Waals surface area (Å²) in [4.78, 5) is 24.6. The molecular weight excluding hydrogens is 909 g/mol. The van der Waals surface area contributed by atoms with Crippen LogP contribution < -0.4 is 0 Å². The van der Waals surface area contributed by atoms with Gasteiger partial charge in [-0.3, -0.25) is 9.59 Å². The lowest BCUT2D eigenvalue weighted by Crippen LogP contribution is -2.28. The Kier molecular flexibility index (Phi) is 61.4. The Morgan fingerprint density at radius 2 is 0.541 bits per heavy atom. The van der Waals surface area contributed by atoms with Crippen LogP contribution in [0.4, 0.5) is 0 Å². The lowest BCUT2D eigenvalue weighted by atomic mass is 10.0. The van der Waals surface area contributed by atoms with E-state index in [-0.39, 0.29) is 25.2 Å². The summed E-state index contributed by atoms with van der Waals surface area (Å²) in [5, 5.41) is 9.68. The number of ether oxygens (including phenoxy) is 2. The number of aliphatic hydroxyl groups is 1. The van der Waals surface area contributed by atoms with Gasteiger partial charge in [0.25, 0.3) is 0 Å². The number of carbonyl (C=O) groups excluding carboxylic acids is 2. The fourth-order valence-electron chi connectivity index (χ4n) is 9.19. The maximum atomic E-state index is 12.3. The molecule has 0 amide bonds. The number of hydrogen-bond donors (Lipinski definition) is 1. The van der Waals surface area contributed by atoms with Crippen LogP contribution in [0, 0.1) is 0 Å². The largest absolute Gasteiger partial charge is 0.462 e. The average Bonchev–Trinajstić information content (AvgIpc) is 3.40. The number of unbranched alkanes of at least 4 members (excludes halogenated alkanes) is 34. The van der Waals surface area contributed by atoms with Crippen molar-refractivity contribution in [3.05, 3.63) is 97.2 Å². The first-order valence-corrected chi connectivity index (χ1v) is 31.8. The van der Waals surface area contributed by atoms with Gasteiger partial charge >= 0.3 is 11.9 Å². The number of aliphatic hydroxyl groups excluding tert-OH is 1. The fourth-order valence-corrected chi connectivity index (χ4v) is 9.19. The van der Waals surface area contributed by atoms with E-state index in [0.29, 0.717) is 12.8 Å². The number of rotatable bonds is 58. The van der Waals surface area contributed by atoms with Gasteiger partial charge in [-0.05, 0) is 89.9 Å². The second-order valence-corrected chi connectivity index (χ2v) is 21.1. The highest BCUT2D eigenvalue weighted by Gasteiger charge is 2.16. The van der Waals surface area contributed by atoms with Crippen LogP contribution in [0.3, 0.4) is 0 Å². The molecule has 0 rings (SSSR count). The molecule has 5 nitrogen and oxygen atoms in total. The Bertz CT molecular complexity index is 1400. The molecule has 1 N–H and O–H groups in total. The van der Waals surface area contributed by atoms with E-state index in [4.69, 9.17) is 9.47 Å². The molecule has 0 radical (unpaired) electrons. The average molecular weight is 1030 g/mol. The van der Waals surface area contributed by atoms with Crippen LogP contribution in [0.25, 0.3) is 0 Å². The van der Waals surface area contributed by atoms with Gasteiger partial charge in [-0.25, -0.2) is 0 Å². The van der Waals surface area contributed by atoms with Crippen molar-refractivity contribution >= 4 is 11.9 Å². The molecule has 5 heteroatoms. The van der Waals surface area contributed by atoms with Gasteiger partial charge in [0.2, 0.25) is 0 Å². The first kappa shape index (κ1) is 70.8. The van der Waals surface area contributed by atoms with Gasteiger partial charge in [0.1, 0.15) is 6.61 Å². The maximum Gasteiger partial charge on any atom is 0.306 e. The maximum absolute atomic E-state index is 12.3. The summed E-state index contributed by atoms with van der Waals surface area (Å²) in [5.41, 5.74) is 0. The summed E-state index contributed by atoms with van der Waals surface area (Å²) in [6, 6.07) is 0. The molecule has 0 saturated heterocycles. The zero-order chi connectivity index (χ0) is 53.4. The number of esters is 2. The summed E-state index contributed by atoms with van der Waals surface area (Å²) in [6.45, 7) is 3.94. The van der Waals surface area contributed by atoms with Gasteiger partial charge in [0.05, 0.1) is 6.61 Å². The fraction of sp³-hybridized carbons (Fsp3) is 0.739. The molecule has 0 aliphatic carbocycles. The molecule has 0 spiro atoms. The van der Waals surface area contributed by atoms with Gasteiger partial charge in [0.15, 0.2) is 6.10 Å². The summed E-state index contributed by atoms with van der Waals surface area (Å²) in [5.74, 6) is -0.585. The minimum atomic E-state index is -0.777. The number of allylic oxidation sites excluding steroid dienone is 16. The molecule has 426 valence electrons. The lowest BCUT2D eigenvalue weighted by Gasteiger charge is -2.15. The Balaban J connectivity index is 3.43. The molecule has 1 unspecified atom stereocenters. The monoisotopic (exact) mass is 1030 g/mol. The van der Waals surface area contributed by atoms with E-state index in [1.165, 1.54) is 193 Å². The smallest absolute Gasteiger partial charge is 0.306 e. The normalized spacial score (nSPS) is 12.9. The highest BCUT2D eigenvalue weighted by atomic mass is 16.6. The predicted octanol–water partition coefficient (Wildman–Crippen LogP) is 21.9. The second kappa shape index (κ2) is 64.1. The summed E-state index contributed by atoms with van der Waals surface area (Å²) in [7, 11) is 0. The van der Waals surface area contributed by atoms with Crippen LogP contribution in [0.1, 0.15) is 309 Å². The van der Waals surface area contributed by atoms with Crippen LogP contribution >= 0.6 is 0 Å². The first-order chi connectivity index (χ1) is 36.6. The first-order valence-electron chi connectivity index (χ1n) is 31.8. The van der Waals surface area contributed by atoms with Crippen LogP contribution in [0.5, 0.6) is 0 Å². The van der Waals surface area contributed by atoms with Gasteiger partial charge in [-0.1, -0.05) is 304 Å². The van der Waals surface area contributed by atoms with E-state index in [2.05, 4.69) is 111 Å². The second-order valence-electron chi connectivity index (χ2n) is 21.1. The molecule has 0 aliphatic heterocycles. The van der Waals surface area contributed by atoms with E-state index in [0.717, 1.165) is 89.9 Å². The van der Waals surface area contributed by atoms with Crippen molar-refractivity contribution in [3.63, 3.8) is 0 Å². The van der Waals surface area contributed by atoms with Crippen molar-refractivity contribution < 1.29 is 24.2 Å². The van der Waals surface area contributed by atoms with E-state index in [1.54, 1.807) is 0 Å². The van der Waals surface area contributed by atoms with Crippen molar-refractivity contribution in [2.75, 3.05) is 13.2 Å². The quantitative estimate of drug-likeness (QED) is 0.0373. The third-order valence-electron chi connectivity index (χ3n) is 13.9. The molecule has 0 aromatic carbocycles. The van der Waals surface area contributed by atoms with E-state index in [1.807, 2.05) is 0 Å². The molecule has 0 aromatic rings. The summed E-state index contributed by atoms with van der Waals surface area (Å²) in [6.07, 6.45) is 91.3. The summed E-state index contributed by atoms with van der Waals surface area (Å²) >= 11 is 0. The van der Waals surface area contributed by atoms with Gasteiger partial charge in [-0.2, -0.15) is 0 Å². The highest BCUT2D eigenvalue weighted by molar-refractivity contribution is 5.70. The van der Waals surface area contributed by atoms with Crippen LogP contribution in [0.15, 0.2) is 97.2 Å². The van der Waals surface area contributed by atoms with E-state index >= 15 is 0 Å².